The monoisotopic (exact) mass is 707 g/mol. The Kier molecular flexibility index (Phi) is 11.9. The summed E-state index contributed by atoms with van der Waals surface area (Å²) < 4.78 is 17.9. The van der Waals surface area contributed by atoms with Gasteiger partial charge in [0.1, 0.15) is 11.8 Å². The van der Waals surface area contributed by atoms with Crippen molar-refractivity contribution in [1.29, 1.82) is 5.26 Å². The molecule has 0 aliphatic carbocycles. The molecular weight excluding hydrogens is 669 g/mol. The molecule has 1 aliphatic heterocycles. The Hall–Kier alpha value is -3.06. The molecule has 6 nitrogen and oxygen atoms in total. The summed E-state index contributed by atoms with van der Waals surface area (Å²) in [4.78, 5) is 20.0. The van der Waals surface area contributed by atoms with E-state index in [0.717, 1.165) is 71.4 Å². The Morgan fingerprint density at radius 2 is 1.85 bits per heavy atom. The summed E-state index contributed by atoms with van der Waals surface area (Å²) in [6.07, 6.45) is 6.41. The molecule has 0 bridgehead atoms. The van der Waals surface area contributed by atoms with Crippen molar-refractivity contribution in [3.8, 4) is 11.8 Å². The van der Waals surface area contributed by atoms with Gasteiger partial charge in [0.25, 0.3) is 5.91 Å². The van der Waals surface area contributed by atoms with E-state index in [9.17, 15) is 14.3 Å². The van der Waals surface area contributed by atoms with Gasteiger partial charge >= 0.3 is 0 Å². The highest BCUT2D eigenvalue weighted by Gasteiger charge is 2.27. The van der Waals surface area contributed by atoms with Gasteiger partial charge in [-0.2, -0.15) is 5.26 Å². The van der Waals surface area contributed by atoms with Crippen molar-refractivity contribution >= 4 is 62.4 Å². The molecule has 0 unspecified atom stereocenters. The number of carbonyl (C=O) groups excluding carboxylic acids is 1. The summed E-state index contributed by atoms with van der Waals surface area (Å²) in [6, 6.07) is 23.5. The lowest BCUT2D eigenvalue weighted by Crippen LogP contribution is -2.36. The second-order valence-electron chi connectivity index (χ2n) is 12.0. The zero-order chi connectivity index (χ0) is 33.7. The molecule has 1 saturated heterocycles. The molecule has 0 spiro atoms. The molecule has 0 N–H and O–H groups in total. The Morgan fingerprint density at radius 1 is 1.11 bits per heavy atom. The van der Waals surface area contributed by atoms with E-state index in [0.29, 0.717) is 38.5 Å². The van der Waals surface area contributed by atoms with Crippen LogP contribution in [0.5, 0.6) is 5.75 Å². The van der Waals surface area contributed by atoms with Gasteiger partial charge in [0, 0.05) is 35.6 Å². The van der Waals surface area contributed by atoms with Crippen LogP contribution in [0.3, 0.4) is 0 Å². The standard InChI is InChI=1S/C37H39Cl2N3O3S2/c1-41(37(43)35-31-8-6-5-7-26(31)19-28(22-40)36(35)46-3)23-27(25-9-12-32(38)33(39)20-25)15-18-42-16-13-24(14-17-42)30-11-10-29(45-2)21-34(30)47(4)44/h5-12,19-21,24,27H,13-18,23H2,1-4H3/t27-,47+/m1/s1. The largest absolute Gasteiger partial charge is 0.497 e. The van der Waals surface area contributed by atoms with E-state index >= 15 is 0 Å². The number of fused-ring (bicyclic) bond motifs is 1. The highest BCUT2D eigenvalue weighted by molar-refractivity contribution is 7.98. The van der Waals surface area contributed by atoms with Crippen LogP contribution in [0.4, 0.5) is 0 Å². The van der Waals surface area contributed by atoms with E-state index in [2.05, 4.69) is 17.0 Å². The number of hydrogen-bond donors (Lipinski definition) is 0. The molecular formula is C37H39Cl2N3O3S2. The number of rotatable bonds is 11. The summed E-state index contributed by atoms with van der Waals surface area (Å²) in [5.74, 6) is 0.964. The van der Waals surface area contributed by atoms with Gasteiger partial charge in [-0.25, -0.2) is 0 Å². The number of carbonyl (C=O) groups is 1. The third-order valence-electron chi connectivity index (χ3n) is 9.15. The number of hydrogen-bond acceptors (Lipinski definition) is 6. The first-order valence-electron chi connectivity index (χ1n) is 15.6. The van der Waals surface area contributed by atoms with Crippen molar-refractivity contribution in [1.82, 2.24) is 9.80 Å². The minimum Gasteiger partial charge on any atom is -0.497 e. The first-order valence-corrected chi connectivity index (χ1v) is 19.1. The van der Waals surface area contributed by atoms with Gasteiger partial charge in [0.15, 0.2) is 0 Å². The molecule has 4 aromatic carbocycles. The number of nitrogens with zero attached hydrogens (tertiary/aromatic N) is 3. The summed E-state index contributed by atoms with van der Waals surface area (Å²) in [6.45, 7) is 3.19. The van der Waals surface area contributed by atoms with Crippen LogP contribution in [0.1, 0.15) is 58.1 Å². The van der Waals surface area contributed by atoms with E-state index in [1.165, 1.54) is 11.8 Å². The fourth-order valence-corrected chi connectivity index (χ4v) is 8.49. The van der Waals surface area contributed by atoms with Crippen molar-refractivity contribution in [2.24, 2.45) is 0 Å². The topological polar surface area (TPSA) is 73.6 Å². The summed E-state index contributed by atoms with van der Waals surface area (Å²) in [7, 11) is 2.37. The number of ether oxygens (including phenoxy) is 1. The van der Waals surface area contributed by atoms with Crippen molar-refractivity contribution < 1.29 is 13.7 Å². The first kappa shape index (κ1) is 35.3. The molecule has 1 aliphatic rings. The lowest BCUT2D eigenvalue weighted by molar-refractivity contribution is 0.0780. The van der Waals surface area contributed by atoms with Crippen LogP contribution < -0.4 is 4.74 Å². The van der Waals surface area contributed by atoms with E-state index in [1.807, 2.05) is 74.0 Å². The van der Waals surface area contributed by atoms with Crippen molar-refractivity contribution in [3.63, 3.8) is 0 Å². The van der Waals surface area contributed by atoms with Crippen LogP contribution in [-0.2, 0) is 10.8 Å². The predicted octanol–water partition coefficient (Wildman–Crippen LogP) is 8.61. The zero-order valence-electron chi connectivity index (χ0n) is 27.1. The average Bonchev–Trinajstić information content (AvgIpc) is 3.09. The van der Waals surface area contributed by atoms with Crippen LogP contribution in [0.2, 0.25) is 10.0 Å². The Labute approximate surface area is 294 Å². The van der Waals surface area contributed by atoms with Crippen molar-refractivity contribution in [3.05, 3.63) is 99.0 Å². The number of amides is 1. The molecule has 246 valence electrons. The normalized spacial score (nSPS) is 15.3. The average molecular weight is 709 g/mol. The molecule has 47 heavy (non-hydrogen) atoms. The molecule has 1 amide bonds. The maximum absolute atomic E-state index is 14.2. The fraction of sp³-hybridized carbons (Fsp3) is 0.351. The predicted molar refractivity (Wildman–Crippen MR) is 195 cm³/mol. The van der Waals surface area contributed by atoms with Gasteiger partial charge in [-0.3, -0.25) is 9.00 Å². The highest BCUT2D eigenvalue weighted by Crippen LogP contribution is 2.36. The molecule has 0 radical (unpaired) electrons. The van der Waals surface area contributed by atoms with Gasteiger partial charge in [-0.1, -0.05) is 59.6 Å². The summed E-state index contributed by atoms with van der Waals surface area (Å²) >= 11 is 14.2. The number of benzene rings is 4. The minimum atomic E-state index is -1.10. The Morgan fingerprint density at radius 3 is 2.51 bits per heavy atom. The van der Waals surface area contributed by atoms with Crippen LogP contribution >= 0.6 is 35.0 Å². The Balaban J connectivity index is 1.34. The number of methoxy groups -OCH3 is 1. The molecule has 0 saturated carbocycles. The van der Waals surface area contributed by atoms with Crippen LogP contribution in [0.25, 0.3) is 10.8 Å². The van der Waals surface area contributed by atoms with Gasteiger partial charge in [-0.15, -0.1) is 11.8 Å². The van der Waals surface area contributed by atoms with E-state index in [1.54, 1.807) is 18.3 Å². The number of nitriles is 1. The van der Waals surface area contributed by atoms with Gasteiger partial charge in [0.2, 0.25) is 0 Å². The summed E-state index contributed by atoms with van der Waals surface area (Å²) in [5.41, 5.74) is 3.25. The molecule has 2 atom stereocenters. The smallest absolute Gasteiger partial charge is 0.255 e. The molecule has 5 rings (SSSR count). The maximum atomic E-state index is 14.2. The lowest BCUT2D eigenvalue weighted by atomic mass is 9.88. The lowest BCUT2D eigenvalue weighted by Gasteiger charge is -2.34. The third kappa shape index (κ3) is 7.98. The van der Waals surface area contributed by atoms with Crippen molar-refractivity contribution in [2.75, 3.05) is 52.8 Å². The van der Waals surface area contributed by atoms with E-state index < -0.39 is 10.8 Å². The van der Waals surface area contributed by atoms with Crippen LogP contribution in [0.15, 0.2) is 76.5 Å². The first-order chi connectivity index (χ1) is 22.6. The highest BCUT2D eigenvalue weighted by atomic mass is 35.5. The molecule has 10 heteroatoms. The van der Waals surface area contributed by atoms with Gasteiger partial charge < -0.3 is 14.5 Å². The molecule has 0 aromatic heterocycles. The number of likely N-dealkylation sites (N-methyl/N-ethyl adjacent to an activating group) is 1. The number of thioether (sulfide) groups is 1. The minimum absolute atomic E-state index is 0.00953. The van der Waals surface area contributed by atoms with Gasteiger partial charge in [0.05, 0.1) is 39.1 Å². The third-order valence-corrected chi connectivity index (χ3v) is 11.7. The molecule has 4 aromatic rings. The number of halogens is 2. The second kappa shape index (κ2) is 15.9. The molecule has 1 heterocycles. The Bertz CT molecular complexity index is 1840. The number of likely N-dealkylation sites (tertiary alicyclic amines) is 1. The van der Waals surface area contributed by atoms with Crippen LogP contribution in [-0.4, -0.2) is 72.8 Å². The SMILES string of the molecule is COc1ccc(C2CCN(CC[C@H](CN(C)C(=O)c3c(SC)c(C#N)cc4ccccc34)c3ccc(Cl)c(Cl)c3)CC2)c([S@](C)=O)c1. The molecule has 1 fully saturated rings. The fourth-order valence-electron chi connectivity index (χ4n) is 6.60. The second-order valence-corrected chi connectivity index (χ2v) is 15.0. The summed E-state index contributed by atoms with van der Waals surface area (Å²) in [5, 5.41) is 12.6. The zero-order valence-corrected chi connectivity index (χ0v) is 30.2. The maximum Gasteiger partial charge on any atom is 0.255 e. The van der Waals surface area contributed by atoms with E-state index in [4.69, 9.17) is 27.9 Å². The van der Waals surface area contributed by atoms with Crippen molar-refractivity contribution in [2.45, 2.75) is 40.9 Å². The quantitative estimate of drug-likeness (QED) is 0.145. The van der Waals surface area contributed by atoms with E-state index in [-0.39, 0.29) is 11.8 Å². The number of piperidine rings is 1. The van der Waals surface area contributed by atoms with Gasteiger partial charge in [-0.05, 0) is 103 Å². The van der Waals surface area contributed by atoms with Crippen LogP contribution in [0, 0.1) is 11.3 Å².